The van der Waals surface area contributed by atoms with E-state index in [2.05, 4.69) is 0 Å². The van der Waals surface area contributed by atoms with Crippen LogP contribution in [0.4, 0.5) is 0 Å². The van der Waals surface area contributed by atoms with Crippen LogP contribution >= 0.6 is 12.2 Å². The van der Waals surface area contributed by atoms with Crippen LogP contribution in [0.2, 0.25) is 0 Å². The molecule has 18 heavy (non-hydrogen) atoms. The molecule has 4 nitrogen and oxygen atoms in total. The predicted octanol–water partition coefficient (Wildman–Crippen LogP) is 1.31. The average molecular weight is 272 g/mol. The third kappa shape index (κ3) is 3.92. The van der Waals surface area contributed by atoms with E-state index in [1.807, 2.05) is 18.7 Å². The van der Waals surface area contributed by atoms with Crippen molar-refractivity contribution in [3.8, 4) is 0 Å². The third-order valence-electron chi connectivity index (χ3n) is 3.75. The Labute approximate surface area is 115 Å². The zero-order valence-electron chi connectivity index (χ0n) is 11.3. The maximum Gasteiger partial charge on any atom is 0.232 e. The van der Waals surface area contributed by atoms with Crippen LogP contribution in [0.15, 0.2) is 0 Å². The molecular formula is C13H24N2O2S. The number of aliphatic hydroxyl groups is 1. The first-order chi connectivity index (χ1) is 8.47. The highest BCUT2D eigenvalue weighted by Gasteiger charge is 2.30. The predicted molar refractivity (Wildman–Crippen MR) is 76.2 cm³/mol. The van der Waals surface area contributed by atoms with Gasteiger partial charge in [0.25, 0.3) is 0 Å². The van der Waals surface area contributed by atoms with Crippen LogP contribution in [0.25, 0.3) is 0 Å². The summed E-state index contributed by atoms with van der Waals surface area (Å²) < 4.78 is 0. The molecule has 0 aromatic heterocycles. The van der Waals surface area contributed by atoms with Crippen LogP contribution in [0.5, 0.6) is 0 Å². The van der Waals surface area contributed by atoms with Crippen LogP contribution in [0.1, 0.15) is 39.5 Å². The molecule has 1 aliphatic rings. The van der Waals surface area contributed by atoms with Gasteiger partial charge in [-0.1, -0.05) is 25.6 Å². The maximum atomic E-state index is 12.3. The number of likely N-dealkylation sites (tertiary alicyclic amines) is 1. The highest BCUT2D eigenvalue weighted by molar-refractivity contribution is 7.80. The average Bonchev–Trinajstić information content (AvgIpc) is 2.35. The van der Waals surface area contributed by atoms with Crippen molar-refractivity contribution in [2.45, 2.75) is 45.6 Å². The summed E-state index contributed by atoms with van der Waals surface area (Å²) in [5.41, 5.74) is 5.65. The van der Waals surface area contributed by atoms with Gasteiger partial charge in [-0.25, -0.2) is 0 Å². The molecule has 1 rings (SSSR count). The second kappa shape index (κ2) is 7.04. The van der Waals surface area contributed by atoms with Gasteiger partial charge < -0.3 is 15.7 Å². The lowest BCUT2D eigenvalue weighted by molar-refractivity contribution is -0.135. The van der Waals surface area contributed by atoms with Crippen LogP contribution in [-0.2, 0) is 4.79 Å². The highest BCUT2D eigenvalue weighted by Crippen LogP contribution is 2.22. The van der Waals surface area contributed by atoms with E-state index in [4.69, 9.17) is 18.0 Å². The van der Waals surface area contributed by atoms with Crippen molar-refractivity contribution in [2.24, 2.45) is 17.6 Å². The van der Waals surface area contributed by atoms with Gasteiger partial charge in [0.2, 0.25) is 5.91 Å². The molecule has 1 aliphatic heterocycles. The first-order valence-electron chi connectivity index (χ1n) is 6.73. The lowest BCUT2D eigenvalue weighted by atomic mass is 9.91. The molecule has 3 N–H and O–H groups in total. The van der Waals surface area contributed by atoms with Crippen molar-refractivity contribution in [3.05, 3.63) is 0 Å². The lowest BCUT2D eigenvalue weighted by Gasteiger charge is -2.35. The van der Waals surface area contributed by atoms with Gasteiger partial charge in [-0.05, 0) is 32.1 Å². The van der Waals surface area contributed by atoms with Gasteiger partial charge in [0.15, 0.2) is 0 Å². The summed E-state index contributed by atoms with van der Waals surface area (Å²) >= 11 is 4.98. The Bertz CT molecular complexity index is 299. The quantitative estimate of drug-likeness (QED) is 0.741. The zero-order valence-corrected chi connectivity index (χ0v) is 12.1. The number of carbonyl (C=O) groups is 1. The van der Waals surface area contributed by atoms with Crippen molar-refractivity contribution < 1.29 is 9.90 Å². The largest absolute Gasteiger partial charge is 0.393 e. The fraction of sp³-hybridized carbons (Fsp3) is 0.846. The van der Waals surface area contributed by atoms with E-state index in [1.54, 1.807) is 0 Å². The smallest absolute Gasteiger partial charge is 0.232 e. The van der Waals surface area contributed by atoms with E-state index in [0.717, 1.165) is 25.7 Å². The Morgan fingerprint density at radius 3 is 2.44 bits per heavy atom. The molecule has 1 fully saturated rings. The fourth-order valence-electron chi connectivity index (χ4n) is 2.50. The minimum atomic E-state index is -0.312. The van der Waals surface area contributed by atoms with Gasteiger partial charge >= 0.3 is 0 Å². The monoisotopic (exact) mass is 272 g/mol. The second-order valence-corrected chi connectivity index (χ2v) is 5.62. The summed E-state index contributed by atoms with van der Waals surface area (Å²) in [5, 5.41) is 9.54. The molecule has 0 aromatic carbocycles. The zero-order chi connectivity index (χ0) is 13.7. The van der Waals surface area contributed by atoms with E-state index in [-0.39, 0.29) is 17.9 Å². The van der Waals surface area contributed by atoms with Crippen molar-refractivity contribution >= 4 is 23.1 Å². The number of carbonyl (C=O) groups excluding carboxylic acids is 1. The molecule has 5 heteroatoms. The van der Waals surface area contributed by atoms with Gasteiger partial charge in [-0.2, -0.15) is 0 Å². The molecule has 2 unspecified atom stereocenters. The normalized spacial score (nSPS) is 20.5. The Balaban J connectivity index is 2.55. The van der Waals surface area contributed by atoms with E-state index in [0.29, 0.717) is 24.0 Å². The van der Waals surface area contributed by atoms with Gasteiger partial charge in [0, 0.05) is 13.1 Å². The maximum absolute atomic E-state index is 12.3. The van der Waals surface area contributed by atoms with Crippen molar-refractivity contribution in [1.82, 2.24) is 4.90 Å². The molecule has 0 aromatic rings. The van der Waals surface area contributed by atoms with Gasteiger partial charge in [-0.15, -0.1) is 0 Å². The Morgan fingerprint density at radius 1 is 1.50 bits per heavy atom. The minimum Gasteiger partial charge on any atom is -0.393 e. The summed E-state index contributed by atoms with van der Waals surface area (Å²) in [6, 6.07) is 0. The van der Waals surface area contributed by atoms with E-state index in [9.17, 15) is 9.90 Å². The van der Waals surface area contributed by atoms with E-state index >= 15 is 0 Å². The second-order valence-electron chi connectivity index (χ2n) is 5.15. The molecular weight excluding hydrogens is 248 g/mol. The Kier molecular flexibility index (Phi) is 6.02. The molecule has 1 amide bonds. The number of rotatable bonds is 5. The van der Waals surface area contributed by atoms with Crippen molar-refractivity contribution in [3.63, 3.8) is 0 Å². The first kappa shape index (κ1) is 15.4. The standard InChI is InChI=1S/C13H24N2O2S/c1-3-4-11(12(14)18)13(17)15-7-5-10(6-8-15)9(2)16/h9-11,16H,3-8H2,1-2H3,(H2,14,18). The molecule has 0 saturated carbocycles. The van der Waals surface area contributed by atoms with E-state index in [1.165, 1.54) is 0 Å². The number of nitrogens with zero attached hydrogens (tertiary/aromatic N) is 1. The van der Waals surface area contributed by atoms with Gasteiger partial charge in [-0.3, -0.25) is 4.79 Å². The number of thiocarbonyl (C=S) groups is 1. The van der Waals surface area contributed by atoms with Crippen LogP contribution in [0.3, 0.4) is 0 Å². The summed E-state index contributed by atoms with van der Waals surface area (Å²) in [4.78, 5) is 14.5. The summed E-state index contributed by atoms with van der Waals surface area (Å²) in [5.74, 6) is 0.0602. The molecule has 0 aliphatic carbocycles. The lowest BCUT2D eigenvalue weighted by Crippen LogP contribution is -2.46. The topological polar surface area (TPSA) is 66.6 Å². The molecule has 104 valence electrons. The third-order valence-corrected chi connectivity index (χ3v) is 4.04. The van der Waals surface area contributed by atoms with Crippen LogP contribution < -0.4 is 5.73 Å². The number of amides is 1. The van der Waals surface area contributed by atoms with E-state index < -0.39 is 0 Å². The number of nitrogens with two attached hydrogens (primary N) is 1. The molecule has 1 heterocycles. The van der Waals surface area contributed by atoms with Crippen LogP contribution in [0, 0.1) is 11.8 Å². The molecule has 1 saturated heterocycles. The van der Waals surface area contributed by atoms with Crippen molar-refractivity contribution in [2.75, 3.05) is 13.1 Å². The van der Waals surface area contributed by atoms with Crippen LogP contribution in [-0.4, -0.2) is 40.1 Å². The fourth-order valence-corrected chi connectivity index (χ4v) is 2.72. The Hall–Kier alpha value is -0.680. The summed E-state index contributed by atoms with van der Waals surface area (Å²) in [7, 11) is 0. The molecule has 2 atom stereocenters. The van der Waals surface area contributed by atoms with Crippen molar-refractivity contribution in [1.29, 1.82) is 0 Å². The number of piperidine rings is 1. The summed E-state index contributed by atoms with van der Waals surface area (Å²) in [6.07, 6.45) is 3.06. The van der Waals surface area contributed by atoms with Gasteiger partial charge in [0.1, 0.15) is 0 Å². The molecule has 0 spiro atoms. The Morgan fingerprint density at radius 2 is 2.06 bits per heavy atom. The van der Waals surface area contributed by atoms with Gasteiger partial charge in [0.05, 0.1) is 17.0 Å². The SMILES string of the molecule is CCCC(C(=O)N1CCC(C(C)O)CC1)C(N)=S. The number of hydrogen-bond donors (Lipinski definition) is 2. The highest BCUT2D eigenvalue weighted by atomic mass is 32.1. The minimum absolute atomic E-state index is 0.0633. The molecule has 0 bridgehead atoms. The number of aliphatic hydroxyl groups excluding tert-OH is 1. The summed E-state index contributed by atoms with van der Waals surface area (Å²) in [6.45, 7) is 5.25. The molecule has 0 radical (unpaired) electrons. The first-order valence-corrected chi connectivity index (χ1v) is 7.14. The number of hydrogen-bond acceptors (Lipinski definition) is 3.